The topological polar surface area (TPSA) is 88.8 Å². The van der Waals surface area contributed by atoms with Crippen molar-refractivity contribution in [3.63, 3.8) is 0 Å². The van der Waals surface area contributed by atoms with E-state index in [0.29, 0.717) is 6.42 Å². The van der Waals surface area contributed by atoms with Crippen molar-refractivity contribution in [2.24, 2.45) is 36.6 Å². The fourth-order valence-corrected chi connectivity index (χ4v) is 10.6. The highest BCUT2D eigenvalue weighted by Gasteiger charge is 2.69. The van der Waals surface area contributed by atoms with Gasteiger partial charge in [0.2, 0.25) is 11.8 Å². The number of methoxy groups -OCH3 is 1. The largest absolute Gasteiger partial charge is 0.497 e. The number of imide groups is 1. The van der Waals surface area contributed by atoms with Gasteiger partial charge in [0, 0.05) is 36.1 Å². The Bertz CT molecular complexity index is 1290. The van der Waals surface area contributed by atoms with Crippen LogP contribution in [0.4, 0.5) is 0 Å². The van der Waals surface area contributed by atoms with Crippen molar-refractivity contribution in [3.05, 3.63) is 38.7 Å². The lowest BCUT2D eigenvalue weighted by molar-refractivity contribution is -0.142. The minimum atomic E-state index is -0.908. The van der Waals surface area contributed by atoms with Crippen LogP contribution in [0, 0.1) is 33.5 Å². The quantitative estimate of drug-likeness (QED) is 0.443. The van der Waals surface area contributed by atoms with E-state index >= 15 is 0 Å². The Kier molecular flexibility index (Phi) is 5.61. The maximum Gasteiger partial charge on any atom is 0.303 e. The molecule has 7 nitrogen and oxygen atoms in total. The lowest BCUT2D eigenvalue weighted by atomic mass is 9.68. The van der Waals surface area contributed by atoms with E-state index in [4.69, 9.17) is 22.1 Å². The van der Waals surface area contributed by atoms with E-state index in [9.17, 15) is 14.4 Å². The van der Waals surface area contributed by atoms with Crippen molar-refractivity contribution in [1.29, 1.82) is 0 Å². The number of nitrogens with zero attached hydrogens (tertiary/aromatic N) is 2. The SMILES string of the molecule is COc1ccc([C@H]2c3sc(=S)n(C)c3S[C@H]3[C@@H]4C[C@H]([C@H]5C(=O)N(CCCC(=O)O)C(=O)[C@H]45)[C@H]23)cc1. The molecule has 10 heteroatoms. The number of aliphatic carboxylic acids is 1. The molecule has 184 valence electrons. The number of carbonyl (C=O) groups is 3. The molecule has 6 rings (SSSR count). The van der Waals surface area contributed by atoms with Crippen LogP contribution in [-0.4, -0.2) is 51.3 Å². The molecule has 1 aromatic carbocycles. The lowest BCUT2D eigenvalue weighted by Gasteiger charge is -2.43. The summed E-state index contributed by atoms with van der Waals surface area (Å²) in [6.45, 7) is 0.197. The molecule has 7 atom stereocenters. The summed E-state index contributed by atoms with van der Waals surface area (Å²) in [6.07, 6.45) is 1.15. The molecule has 2 amide bonds. The molecule has 3 fully saturated rings. The Morgan fingerprint density at radius 1 is 1.17 bits per heavy atom. The molecule has 2 aliphatic heterocycles. The number of benzene rings is 1. The number of thioether (sulfide) groups is 1. The van der Waals surface area contributed by atoms with E-state index in [1.54, 1.807) is 18.4 Å². The molecule has 1 N–H and O–H groups in total. The molecule has 2 aromatic rings. The number of thiazole rings is 1. The molecule has 0 unspecified atom stereocenters. The van der Waals surface area contributed by atoms with Crippen molar-refractivity contribution in [1.82, 2.24) is 9.47 Å². The van der Waals surface area contributed by atoms with Gasteiger partial charge in [0.15, 0.2) is 3.95 Å². The number of amides is 2. The van der Waals surface area contributed by atoms with Crippen LogP contribution in [0.15, 0.2) is 29.3 Å². The van der Waals surface area contributed by atoms with Gasteiger partial charge in [-0.2, -0.15) is 0 Å². The number of carboxylic acids is 1. The van der Waals surface area contributed by atoms with Gasteiger partial charge in [-0.15, -0.1) is 23.1 Å². The molecule has 1 saturated heterocycles. The number of hydrogen-bond acceptors (Lipinski definition) is 7. The zero-order valence-electron chi connectivity index (χ0n) is 19.4. The van der Waals surface area contributed by atoms with Gasteiger partial charge in [-0.05, 0) is 60.5 Å². The minimum absolute atomic E-state index is 0.0417. The number of carbonyl (C=O) groups excluding carboxylic acids is 2. The highest BCUT2D eigenvalue weighted by atomic mass is 32.2. The van der Waals surface area contributed by atoms with Crippen molar-refractivity contribution < 1.29 is 24.2 Å². The lowest BCUT2D eigenvalue weighted by Crippen LogP contribution is -2.43. The monoisotopic (exact) mass is 530 g/mol. The summed E-state index contributed by atoms with van der Waals surface area (Å²) < 4.78 is 8.31. The van der Waals surface area contributed by atoms with E-state index in [-0.39, 0.29) is 65.5 Å². The summed E-state index contributed by atoms with van der Waals surface area (Å²) in [7, 11) is 3.67. The first-order valence-corrected chi connectivity index (χ1v) is 14.0. The fourth-order valence-electron chi connectivity index (χ4n) is 7.03. The van der Waals surface area contributed by atoms with Crippen molar-refractivity contribution >= 4 is 53.1 Å². The summed E-state index contributed by atoms with van der Waals surface area (Å²) in [5.41, 5.74) is 1.19. The van der Waals surface area contributed by atoms with Gasteiger partial charge in [0.25, 0.3) is 0 Å². The number of likely N-dealkylation sites (tertiary alicyclic amines) is 1. The van der Waals surface area contributed by atoms with Crippen LogP contribution < -0.4 is 4.74 Å². The number of carboxylic acid groups (broad SMARTS) is 1. The molecular weight excluding hydrogens is 504 g/mol. The summed E-state index contributed by atoms with van der Waals surface area (Å²) in [5.74, 6) is -0.232. The second kappa shape index (κ2) is 8.45. The van der Waals surface area contributed by atoms with E-state index < -0.39 is 5.97 Å². The maximum atomic E-state index is 13.5. The predicted octanol–water partition coefficient (Wildman–Crippen LogP) is 4.16. The third-order valence-corrected chi connectivity index (χ3v) is 11.8. The third-order valence-electron chi connectivity index (χ3n) is 8.40. The van der Waals surface area contributed by atoms with E-state index in [1.165, 1.54) is 20.4 Å². The zero-order chi connectivity index (χ0) is 24.6. The summed E-state index contributed by atoms with van der Waals surface area (Å²) in [4.78, 5) is 40.4. The molecule has 35 heavy (non-hydrogen) atoms. The molecule has 2 saturated carbocycles. The zero-order valence-corrected chi connectivity index (χ0v) is 21.8. The smallest absolute Gasteiger partial charge is 0.303 e. The number of fused-ring (bicyclic) bond motifs is 9. The van der Waals surface area contributed by atoms with Crippen LogP contribution in [0.5, 0.6) is 5.75 Å². The van der Waals surface area contributed by atoms with E-state index in [2.05, 4.69) is 16.7 Å². The fraction of sp³-hybridized carbons (Fsp3) is 0.520. The van der Waals surface area contributed by atoms with Crippen molar-refractivity contribution in [3.8, 4) is 5.75 Å². The molecular formula is C25H26N2O5S3. The number of aromatic nitrogens is 1. The van der Waals surface area contributed by atoms with Gasteiger partial charge in [0.05, 0.1) is 24.0 Å². The van der Waals surface area contributed by atoms with Crippen LogP contribution in [-0.2, 0) is 21.4 Å². The molecule has 2 aliphatic carbocycles. The Hall–Kier alpha value is -2.17. The first-order chi connectivity index (χ1) is 16.8. The Labute approximate surface area is 216 Å². The van der Waals surface area contributed by atoms with Crippen molar-refractivity contribution in [2.75, 3.05) is 13.7 Å². The van der Waals surface area contributed by atoms with E-state index in [1.807, 2.05) is 30.9 Å². The summed E-state index contributed by atoms with van der Waals surface area (Å²) >= 11 is 9.15. The van der Waals surface area contributed by atoms with E-state index in [0.717, 1.165) is 16.1 Å². The van der Waals surface area contributed by atoms with Crippen molar-refractivity contribution in [2.45, 2.75) is 35.5 Å². The molecule has 3 heterocycles. The van der Waals surface area contributed by atoms with Gasteiger partial charge < -0.3 is 14.4 Å². The van der Waals surface area contributed by atoms with Gasteiger partial charge in [-0.25, -0.2) is 0 Å². The standard InChI is InChI=1S/C25H26N2O5S3/c1-26-24-21(35-25(26)33)16(11-5-7-12(32-2)8-6-11)17-13-10-14(20(17)34-24)19-18(13)22(30)27(23(19)31)9-3-4-15(28)29/h5-8,13-14,16-20H,3-4,9-10H2,1-2H3,(H,28,29)/t13-,14+,16+,17+,18+,19+,20-/m0/s1. The van der Waals surface area contributed by atoms with Gasteiger partial charge in [0.1, 0.15) is 5.75 Å². The number of rotatable bonds is 6. The van der Waals surface area contributed by atoms with Gasteiger partial charge in [-0.3, -0.25) is 19.3 Å². The summed E-state index contributed by atoms with van der Waals surface area (Å²) in [6, 6.07) is 8.20. The molecule has 4 aliphatic rings. The Balaban J connectivity index is 1.38. The maximum absolute atomic E-state index is 13.5. The minimum Gasteiger partial charge on any atom is -0.497 e. The van der Waals surface area contributed by atoms with Gasteiger partial charge >= 0.3 is 5.97 Å². The van der Waals surface area contributed by atoms with Crippen LogP contribution in [0.2, 0.25) is 0 Å². The molecule has 0 radical (unpaired) electrons. The average Bonchev–Trinajstić information content (AvgIpc) is 3.55. The Morgan fingerprint density at radius 3 is 2.51 bits per heavy atom. The second-order valence-corrected chi connectivity index (χ2v) is 12.8. The normalized spacial score (nSPS) is 32.5. The van der Waals surface area contributed by atoms with Crippen LogP contribution in [0.25, 0.3) is 0 Å². The van der Waals surface area contributed by atoms with Crippen LogP contribution in [0.1, 0.15) is 35.6 Å². The third kappa shape index (κ3) is 3.36. The highest BCUT2D eigenvalue weighted by Crippen LogP contribution is 2.69. The highest BCUT2D eigenvalue weighted by molar-refractivity contribution is 8.00. The van der Waals surface area contributed by atoms with Gasteiger partial charge in [-0.1, -0.05) is 12.1 Å². The predicted molar refractivity (Wildman–Crippen MR) is 134 cm³/mol. The number of hydrogen-bond donors (Lipinski definition) is 1. The second-order valence-electron chi connectivity index (χ2n) is 9.95. The summed E-state index contributed by atoms with van der Waals surface area (Å²) in [5, 5.41) is 10.4. The number of ether oxygens (including phenoxy) is 1. The first kappa shape index (κ1) is 23.2. The Morgan fingerprint density at radius 2 is 1.86 bits per heavy atom. The van der Waals surface area contributed by atoms with Crippen LogP contribution >= 0.6 is 35.3 Å². The molecule has 1 aromatic heterocycles. The van der Waals surface area contributed by atoms with Crippen LogP contribution in [0.3, 0.4) is 0 Å². The molecule has 0 spiro atoms. The molecule has 2 bridgehead atoms. The first-order valence-electron chi connectivity index (χ1n) is 11.9. The average molecular weight is 531 g/mol.